The van der Waals surface area contributed by atoms with Crippen LogP contribution in [0, 0.1) is 0 Å². The first kappa shape index (κ1) is 33.3. The van der Waals surface area contributed by atoms with E-state index in [4.69, 9.17) is 21.1 Å². The molecule has 1 fully saturated rings. The smallest absolute Gasteiger partial charge is 0.326 e. The number of carbonyl (C=O) groups is 3. The van der Waals surface area contributed by atoms with Crippen LogP contribution in [0.5, 0.6) is 17.2 Å². The highest BCUT2D eigenvalue weighted by molar-refractivity contribution is 6.31. The van der Waals surface area contributed by atoms with Gasteiger partial charge in [0.1, 0.15) is 23.3 Å². The summed E-state index contributed by atoms with van der Waals surface area (Å²) >= 11 is 6.22. The molecule has 5 aromatic carbocycles. The summed E-state index contributed by atoms with van der Waals surface area (Å²) in [6.45, 7) is 0. The summed E-state index contributed by atoms with van der Waals surface area (Å²) in [5, 5.41) is 15.6. The number of nitrogens with one attached hydrogen (secondary N) is 2. The number of aliphatic carboxylic acids is 1. The van der Waals surface area contributed by atoms with E-state index in [1.165, 1.54) is 31.0 Å². The van der Waals surface area contributed by atoms with Gasteiger partial charge in [0, 0.05) is 22.6 Å². The van der Waals surface area contributed by atoms with Crippen molar-refractivity contribution in [2.45, 2.75) is 44.2 Å². The molecule has 2 amide bonds. The second kappa shape index (κ2) is 15.5. The zero-order valence-electron chi connectivity index (χ0n) is 26.6. The Balaban J connectivity index is 1.12. The Kier molecular flexibility index (Phi) is 10.6. The minimum atomic E-state index is -1.24. The maximum Gasteiger partial charge on any atom is 0.326 e. The van der Waals surface area contributed by atoms with Gasteiger partial charge in [0.25, 0.3) is 11.8 Å². The van der Waals surface area contributed by atoms with Gasteiger partial charge in [-0.05, 0) is 97.5 Å². The van der Waals surface area contributed by atoms with E-state index in [1.807, 2.05) is 78.9 Å². The molecular weight excluding hydrogens is 640 g/mol. The lowest BCUT2D eigenvalue weighted by atomic mass is 9.99. The standard InChI is InChI=1S/C40H35ClN2O6/c41-29-20-23-35(42-38(44)28-18-21-32(22-19-28)48-30-8-2-1-3-9-30)34(25-29)39(45)43-36(40(46)47)24-26-14-16-27(17-15-26)33-12-6-7-13-37(33)49-31-10-4-5-11-31/h1-3,6-9,12-23,25,31,36H,4-5,10-11,24H2,(H,42,44)(H,43,45)(H,46,47). The summed E-state index contributed by atoms with van der Waals surface area (Å²) in [6, 6.07) is 34.5. The molecule has 1 aliphatic rings. The van der Waals surface area contributed by atoms with Crippen molar-refractivity contribution in [1.29, 1.82) is 0 Å². The zero-order chi connectivity index (χ0) is 34.2. The first-order chi connectivity index (χ1) is 23.8. The normalized spacial score (nSPS) is 13.3. The van der Waals surface area contributed by atoms with Gasteiger partial charge in [-0.2, -0.15) is 0 Å². The molecule has 1 aliphatic carbocycles. The van der Waals surface area contributed by atoms with E-state index in [1.54, 1.807) is 24.3 Å². The van der Waals surface area contributed by atoms with Gasteiger partial charge in [0.2, 0.25) is 0 Å². The molecule has 0 heterocycles. The minimum absolute atomic E-state index is 0.0327. The number of carbonyl (C=O) groups excluding carboxylic acids is 2. The summed E-state index contributed by atoms with van der Waals surface area (Å²) < 4.78 is 12.1. The van der Waals surface area contributed by atoms with Crippen molar-refractivity contribution >= 4 is 35.1 Å². The molecular formula is C40H35ClN2O6. The van der Waals surface area contributed by atoms with Gasteiger partial charge in [-0.25, -0.2) is 4.79 Å². The van der Waals surface area contributed by atoms with Crippen LogP contribution in [0.1, 0.15) is 52.0 Å². The summed E-state index contributed by atoms with van der Waals surface area (Å²) in [7, 11) is 0. The second-order valence-electron chi connectivity index (χ2n) is 11.9. The third-order valence-corrected chi connectivity index (χ3v) is 8.60. The SMILES string of the molecule is O=C(Nc1ccc(Cl)cc1C(=O)NC(Cc1ccc(-c2ccccc2OC2CCCC2)cc1)C(=O)O)c1ccc(Oc2ccccc2)cc1. The molecule has 0 radical (unpaired) electrons. The van der Waals surface area contributed by atoms with Crippen LogP contribution in [-0.4, -0.2) is 35.0 Å². The van der Waals surface area contributed by atoms with E-state index < -0.39 is 23.8 Å². The highest BCUT2D eigenvalue weighted by Gasteiger charge is 2.24. The number of halogens is 1. The van der Waals surface area contributed by atoms with Crippen LogP contribution >= 0.6 is 11.6 Å². The number of amides is 2. The van der Waals surface area contributed by atoms with Gasteiger partial charge in [-0.15, -0.1) is 0 Å². The topological polar surface area (TPSA) is 114 Å². The average molecular weight is 675 g/mol. The molecule has 1 saturated carbocycles. The molecule has 49 heavy (non-hydrogen) atoms. The molecule has 248 valence electrons. The molecule has 0 spiro atoms. The summed E-state index contributed by atoms with van der Waals surface area (Å²) in [4.78, 5) is 38.9. The van der Waals surface area contributed by atoms with Crippen molar-refractivity contribution in [2.24, 2.45) is 0 Å². The quantitative estimate of drug-likeness (QED) is 0.122. The van der Waals surface area contributed by atoms with Crippen molar-refractivity contribution in [1.82, 2.24) is 5.32 Å². The highest BCUT2D eigenvalue weighted by atomic mass is 35.5. The Hall–Kier alpha value is -5.60. The molecule has 0 aromatic heterocycles. The van der Waals surface area contributed by atoms with E-state index in [0.29, 0.717) is 17.1 Å². The number of ether oxygens (including phenoxy) is 2. The molecule has 3 N–H and O–H groups in total. The van der Waals surface area contributed by atoms with Gasteiger partial charge in [-0.3, -0.25) is 9.59 Å². The van der Waals surface area contributed by atoms with Crippen LogP contribution in [0.3, 0.4) is 0 Å². The largest absolute Gasteiger partial charge is 0.490 e. The number of carboxylic acids is 1. The molecule has 1 unspecified atom stereocenters. The second-order valence-corrected chi connectivity index (χ2v) is 12.3. The van der Waals surface area contributed by atoms with E-state index in [0.717, 1.165) is 35.3 Å². The lowest BCUT2D eigenvalue weighted by Gasteiger charge is -2.18. The number of carboxylic acid groups (broad SMARTS) is 1. The minimum Gasteiger partial charge on any atom is -0.490 e. The molecule has 9 heteroatoms. The lowest BCUT2D eigenvalue weighted by Crippen LogP contribution is -2.42. The number of rotatable bonds is 12. The molecule has 8 nitrogen and oxygen atoms in total. The van der Waals surface area contributed by atoms with Crippen molar-refractivity contribution in [3.8, 4) is 28.4 Å². The van der Waals surface area contributed by atoms with Gasteiger partial charge in [0.15, 0.2) is 0 Å². The van der Waals surface area contributed by atoms with Gasteiger partial charge >= 0.3 is 5.97 Å². The fraction of sp³-hybridized carbons (Fsp3) is 0.175. The lowest BCUT2D eigenvalue weighted by molar-refractivity contribution is -0.139. The molecule has 6 rings (SSSR count). The van der Waals surface area contributed by atoms with Gasteiger partial charge < -0.3 is 25.2 Å². The Morgan fingerprint density at radius 3 is 2.16 bits per heavy atom. The Bertz CT molecular complexity index is 1920. The van der Waals surface area contributed by atoms with Crippen molar-refractivity contribution in [3.63, 3.8) is 0 Å². The van der Waals surface area contributed by atoms with Crippen LogP contribution in [-0.2, 0) is 11.2 Å². The van der Waals surface area contributed by atoms with Crippen LogP contribution < -0.4 is 20.1 Å². The van der Waals surface area contributed by atoms with Crippen molar-refractivity contribution < 1.29 is 29.0 Å². The van der Waals surface area contributed by atoms with E-state index in [2.05, 4.69) is 10.6 Å². The zero-order valence-corrected chi connectivity index (χ0v) is 27.4. The van der Waals surface area contributed by atoms with Gasteiger partial charge in [0.05, 0.1) is 17.4 Å². The third-order valence-electron chi connectivity index (χ3n) is 8.36. The molecule has 1 atom stereocenters. The molecule has 0 aliphatic heterocycles. The fourth-order valence-electron chi connectivity index (χ4n) is 5.79. The highest BCUT2D eigenvalue weighted by Crippen LogP contribution is 2.33. The number of anilines is 1. The van der Waals surface area contributed by atoms with Crippen LogP contribution in [0.15, 0.2) is 121 Å². The first-order valence-corrected chi connectivity index (χ1v) is 16.5. The number of para-hydroxylation sites is 2. The fourth-order valence-corrected chi connectivity index (χ4v) is 5.96. The van der Waals surface area contributed by atoms with E-state index >= 15 is 0 Å². The summed E-state index contributed by atoms with van der Waals surface area (Å²) in [6.07, 6.45) is 4.73. The maximum atomic E-state index is 13.5. The summed E-state index contributed by atoms with van der Waals surface area (Å²) in [5.74, 6) is -0.297. The van der Waals surface area contributed by atoms with Crippen molar-refractivity contribution in [2.75, 3.05) is 5.32 Å². The van der Waals surface area contributed by atoms with Crippen LogP contribution in [0.4, 0.5) is 5.69 Å². The predicted molar refractivity (Wildman–Crippen MR) is 190 cm³/mol. The predicted octanol–water partition coefficient (Wildman–Crippen LogP) is 8.80. The van der Waals surface area contributed by atoms with Crippen molar-refractivity contribution in [3.05, 3.63) is 143 Å². The number of hydrogen-bond donors (Lipinski definition) is 3. The summed E-state index contributed by atoms with van der Waals surface area (Å²) in [5.41, 5.74) is 3.20. The Labute approximate surface area is 289 Å². The van der Waals surface area contributed by atoms with E-state index in [-0.39, 0.29) is 28.8 Å². The Morgan fingerprint density at radius 1 is 0.776 bits per heavy atom. The van der Waals surface area contributed by atoms with E-state index in [9.17, 15) is 19.5 Å². The van der Waals surface area contributed by atoms with Crippen LogP contribution in [0.25, 0.3) is 11.1 Å². The third kappa shape index (κ3) is 8.66. The molecule has 0 saturated heterocycles. The first-order valence-electron chi connectivity index (χ1n) is 16.1. The molecule has 0 bridgehead atoms. The Morgan fingerprint density at radius 2 is 1.45 bits per heavy atom. The molecule has 5 aromatic rings. The number of benzene rings is 5. The average Bonchev–Trinajstić information content (AvgIpc) is 3.63. The van der Waals surface area contributed by atoms with Crippen LogP contribution in [0.2, 0.25) is 5.02 Å². The van der Waals surface area contributed by atoms with Gasteiger partial charge in [-0.1, -0.05) is 72.3 Å². The monoisotopic (exact) mass is 674 g/mol. The number of hydrogen-bond acceptors (Lipinski definition) is 5. The maximum absolute atomic E-state index is 13.5.